The van der Waals surface area contributed by atoms with Crippen molar-refractivity contribution in [1.29, 1.82) is 0 Å². The second-order valence-electron chi connectivity index (χ2n) is 5.30. The maximum atomic E-state index is 12.5. The van der Waals surface area contributed by atoms with E-state index in [1.807, 2.05) is 24.3 Å². The third kappa shape index (κ3) is 2.51. The van der Waals surface area contributed by atoms with Crippen molar-refractivity contribution in [2.24, 2.45) is 0 Å². The molecule has 1 aliphatic rings. The number of hydrogen-bond acceptors (Lipinski definition) is 3. The molecule has 0 aromatic heterocycles. The van der Waals surface area contributed by atoms with Crippen LogP contribution in [0.3, 0.4) is 0 Å². The molecule has 0 bridgehead atoms. The zero-order chi connectivity index (χ0) is 14.8. The molecule has 0 heterocycles. The lowest BCUT2D eigenvalue weighted by Gasteiger charge is -2.26. The van der Waals surface area contributed by atoms with Crippen molar-refractivity contribution >= 4 is 5.78 Å². The summed E-state index contributed by atoms with van der Waals surface area (Å²) < 4.78 is 10.7. The lowest BCUT2D eigenvalue weighted by Crippen LogP contribution is -2.19. The van der Waals surface area contributed by atoms with Crippen molar-refractivity contribution in [2.75, 3.05) is 14.2 Å². The Morgan fingerprint density at radius 3 is 2.43 bits per heavy atom. The van der Waals surface area contributed by atoms with Crippen LogP contribution in [0.2, 0.25) is 0 Å². The Balaban J connectivity index is 2.03. The number of fused-ring (bicyclic) bond motifs is 1. The van der Waals surface area contributed by atoms with Gasteiger partial charge in [-0.05, 0) is 29.5 Å². The number of benzene rings is 2. The van der Waals surface area contributed by atoms with Gasteiger partial charge in [-0.15, -0.1) is 0 Å². The summed E-state index contributed by atoms with van der Waals surface area (Å²) >= 11 is 0. The maximum Gasteiger partial charge on any atom is 0.167 e. The van der Waals surface area contributed by atoms with Crippen LogP contribution in [0.25, 0.3) is 0 Å². The Morgan fingerprint density at radius 1 is 1.00 bits per heavy atom. The van der Waals surface area contributed by atoms with Gasteiger partial charge in [-0.1, -0.05) is 30.3 Å². The molecule has 21 heavy (non-hydrogen) atoms. The molecular formula is C18H18O3. The van der Waals surface area contributed by atoms with Crippen LogP contribution in [0, 0.1) is 0 Å². The van der Waals surface area contributed by atoms with Gasteiger partial charge >= 0.3 is 0 Å². The lowest BCUT2D eigenvalue weighted by molar-refractivity contribution is 0.0961. The highest BCUT2D eigenvalue weighted by Crippen LogP contribution is 2.39. The molecule has 2 aromatic rings. The molecule has 0 saturated carbocycles. The number of Topliss-reactive ketones (excluding diaryl/α,β-unsaturated/α-hetero) is 1. The van der Waals surface area contributed by atoms with E-state index in [1.54, 1.807) is 20.3 Å². The number of ketones is 1. The van der Waals surface area contributed by atoms with Crippen molar-refractivity contribution < 1.29 is 14.3 Å². The normalized spacial score (nSPS) is 17.2. The van der Waals surface area contributed by atoms with Crippen molar-refractivity contribution in [3.8, 4) is 11.5 Å². The van der Waals surface area contributed by atoms with Crippen molar-refractivity contribution in [1.82, 2.24) is 0 Å². The molecule has 0 radical (unpaired) electrons. The first-order valence-electron chi connectivity index (χ1n) is 7.06. The number of ether oxygens (including phenoxy) is 2. The Bertz CT molecular complexity index is 662. The second-order valence-corrected chi connectivity index (χ2v) is 5.30. The lowest BCUT2D eigenvalue weighted by atomic mass is 9.79. The molecule has 2 aromatic carbocycles. The van der Waals surface area contributed by atoms with Gasteiger partial charge in [0.05, 0.1) is 19.8 Å². The average Bonchev–Trinajstić information content (AvgIpc) is 2.54. The van der Waals surface area contributed by atoms with Crippen LogP contribution in [0.4, 0.5) is 0 Å². The summed E-state index contributed by atoms with van der Waals surface area (Å²) in [4.78, 5) is 12.5. The number of hydrogen-bond donors (Lipinski definition) is 0. The first kappa shape index (κ1) is 13.7. The molecule has 3 heteroatoms. The number of methoxy groups -OCH3 is 2. The summed E-state index contributed by atoms with van der Waals surface area (Å²) in [5.41, 5.74) is 2.93. The van der Waals surface area contributed by atoms with E-state index in [2.05, 4.69) is 12.1 Å². The Hall–Kier alpha value is -2.29. The Morgan fingerprint density at radius 2 is 1.76 bits per heavy atom. The van der Waals surface area contributed by atoms with Gasteiger partial charge in [0.15, 0.2) is 5.78 Å². The molecule has 1 unspecified atom stereocenters. The van der Waals surface area contributed by atoms with E-state index in [1.165, 1.54) is 5.56 Å². The fraction of sp³-hybridized carbons (Fsp3) is 0.278. The van der Waals surface area contributed by atoms with Gasteiger partial charge in [0.1, 0.15) is 11.5 Å². The second kappa shape index (κ2) is 5.60. The minimum Gasteiger partial charge on any atom is -0.497 e. The van der Waals surface area contributed by atoms with Gasteiger partial charge in [0.25, 0.3) is 0 Å². The summed E-state index contributed by atoms with van der Waals surface area (Å²) in [5.74, 6) is 1.71. The van der Waals surface area contributed by atoms with Gasteiger partial charge in [-0.3, -0.25) is 4.79 Å². The highest BCUT2D eigenvalue weighted by molar-refractivity contribution is 6.02. The van der Waals surface area contributed by atoms with E-state index in [9.17, 15) is 4.79 Å². The molecule has 1 atom stereocenters. The van der Waals surface area contributed by atoms with Crippen LogP contribution in [-0.4, -0.2) is 20.0 Å². The molecule has 0 fully saturated rings. The van der Waals surface area contributed by atoms with Gasteiger partial charge in [0.2, 0.25) is 0 Å². The molecule has 0 saturated heterocycles. The summed E-state index contributed by atoms with van der Waals surface area (Å²) in [6.07, 6.45) is 1.36. The van der Waals surface area contributed by atoms with Crippen LogP contribution in [0.5, 0.6) is 11.5 Å². The third-order valence-electron chi connectivity index (χ3n) is 4.06. The fourth-order valence-corrected chi connectivity index (χ4v) is 3.03. The van der Waals surface area contributed by atoms with E-state index >= 15 is 0 Å². The predicted octanol–water partition coefficient (Wildman–Crippen LogP) is 3.62. The summed E-state index contributed by atoms with van der Waals surface area (Å²) in [6, 6.07) is 13.9. The monoisotopic (exact) mass is 282 g/mol. The summed E-state index contributed by atoms with van der Waals surface area (Å²) in [6.45, 7) is 0. The molecule has 3 nitrogen and oxygen atoms in total. The Labute approximate surface area is 124 Å². The summed E-state index contributed by atoms with van der Waals surface area (Å²) in [5, 5.41) is 0. The van der Waals surface area contributed by atoms with Gasteiger partial charge in [-0.25, -0.2) is 0 Å². The SMILES string of the molecule is COc1cc2c(c(OC)c1)C(=O)CC(c1ccccc1)C2. The molecular weight excluding hydrogens is 264 g/mol. The maximum absolute atomic E-state index is 12.5. The zero-order valence-corrected chi connectivity index (χ0v) is 12.3. The zero-order valence-electron chi connectivity index (χ0n) is 12.3. The highest BCUT2D eigenvalue weighted by Gasteiger charge is 2.29. The minimum atomic E-state index is 0.143. The van der Waals surface area contributed by atoms with Gasteiger partial charge in [0, 0.05) is 12.5 Å². The van der Waals surface area contributed by atoms with Gasteiger partial charge in [-0.2, -0.15) is 0 Å². The van der Waals surface area contributed by atoms with Crippen LogP contribution < -0.4 is 9.47 Å². The minimum absolute atomic E-state index is 0.143. The highest BCUT2D eigenvalue weighted by atomic mass is 16.5. The molecule has 108 valence electrons. The van der Waals surface area contributed by atoms with Crippen molar-refractivity contribution in [2.45, 2.75) is 18.8 Å². The Kier molecular flexibility index (Phi) is 3.65. The molecule has 0 amide bonds. The molecule has 3 rings (SSSR count). The number of carbonyl (C=O) groups is 1. The standard InChI is InChI=1S/C18H18O3/c1-20-15-9-14-8-13(12-6-4-3-5-7-12)10-16(19)18(14)17(11-15)21-2/h3-7,9,11,13H,8,10H2,1-2H3. The first-order chi connectivity index (χ1) is 10.2. The van der Waals surface area contributed by atoms with E-state index in [0.29, 0.717) is 17.7 Å². The number of rotatable bonds is 3. The van der Waals surface area contributed by atoms with Gasteiger partial charge < -0.3 is 9.47 Å². The van der Waals surface area contributed by atoms with E-state index in [-0.39, 0.29) is 11.7 Å². The average molecular weight is 282 g/mol. The third-order valence-corrected chi connectivity index (χ3v) is 4.06. The van der Waals surface area contributed by atoms with Crippen LogP contribution in [0.15, 0.2) is 42.5 Å². The molecule has 0 aliphatic heterocycles. The van der Waals surface area contributed by atoms with Crippen molar-refractivity contribution in [3.05, 3.63) is 59.2 Å². The quantitative estimate of drug-likeness (QED) is 0.862. The first-order valence-corrected chi connectivity index (χ1v) is 7.06. The van der Waals surface area contributed by atoms with Crippen LogP contribution >= 0.6 is 0 Å². The van der Waals surface area contributed by atoms with Crippen LogP contribution in [-0.2, 0) is 6.42 Å². The molecule has 0 spiro atoms. The fourth-order valence-electron chi connectivity index (χ4n) is 3.03. The van der Waals surface area contributed by atoms with E-state index in [4.69, 9.17) is 9.47 Å². The topological polar surface area (TPSA) is 35.5 Å². The van der Waals surface area contributed by atoms with Crippen molar-refractivity contribution in [3.63, 3.8) is 0 Å². The van der Waals surface area contributed by atoms with E-state index in [0.717, 1.165) is 17.7 Å². The molecule has 1 aliphatic carbocycles. The van der Waals surface area contributed by atoms with E-state index < -0.39 is 0 Å². The number of carbonyl (C=O) groups excluding carboxylic acids is 1. The summed E-state index contributed by atoms with van der Waals surface area (Å²) in [7, 11) is 3.21. The van der Waals surface area contributed by atoms with Crippen LogP contribution in [0.1, 0.15) is 33.8 Å². The smallest absolute Gasteiger partial charge is 0.167 e. The largest absolute Gasteiger partial charge is 0.497 e. The predicted molar refractivity (Wildman–Crippen MR) is 81.4 cm³/mol. The molecule has 0 N–H and O–H groups in total.